The summed E-state index contributed by atoms with van der Waals surface area (Å²) < 4.78 is 0. The van der Waals surface area contributed by atoms with Crippen LogP contribution in [0.25, 0.3) is 0 Å². The Morgan fingerprint density at radius 1 is 1.11 bits per heavy atom. The summed E-state index contributed by atoms with van der Waals surface area (Å²) >= 11 is 1.54. The van der Waals surface area contributed by atoms with E-state index in [1.165, 1.54) is 6.92 Å². The Kier molecular flexibility index (Phi) is 6.81. The average Bonchev–Trinajstić information content (AvgIpc) is 2.85. The number of carbonyl (C=O) groups is 3. The fourth-order valence-electron chi connectivity index (χ4n) is 1.42. The van der Waals surface area contributed by atoms with Crippen molar-refractivity contribution in [2.24, 2.45) is 0 Å². The van der Waals surface area contributed by atoms with Gasteiger partial charge >= 0.3 is 0 Å². The van der Waals surface area contributed by atoms with Gasteiger partial charge in [-0.2, -0.15) is 0 Å². The number of ketones is 1. The first-order valence-electron chi connectivity index (χ1n) is 6.13. The second kappa shape index (κ2) is 8.42. The fraction of sp³-hybridized carbons (Fsp3) is 0.462. The highest BCUT2D eigenvalue weighted by molar-refractivity contribution is 7.10. The van der Waals surface area contributed by atoms with Gasteiger partial charge in [0, 0.05) is 30.8 Å². The molecule has 0 aromatic carbocycles. The van der Waals surface area contributed by atoms with Crippen LogP contribution in [0, 0.1) is 0 Å². The van der Waals surface area contributed by atoms with Gasteiger partial charge < -0.3 is 15.4 Å². The lowest BCUT2D eigenvalue weighted by Crippen LogP contribution is -2.35. The van der Waals surface area contributed by atoms with Crippen LogP contribution < -0.4 is 10.6 Å². The SMILES string of the molecule is CC(=O)CCC(=O)NCCNC(=O)Cc1cccs1. The largest absolute Gasteiger partial charge is 0.354 e. The van der Waals surface area contributed by atoms with Crippen LogP contribution in [0.15, 0.2) is 17.5 Å². The molecule has 0 aliphatic heterocycles. The van der Waals surface area contributed by atoms with E-state index in [0.717, 1.165) is 4.88 Å². The number of Topliss-reactive ketones (excluding diaryl/α,β-unsaturated/α-hetero) is 1. The predicted molar refractivity (Wildman–Crippen MR) is 74.0 cm³/mol. The fourth-order valence-corrected chi connectivity index (χ4v) is 2.12. The third kappa shape index (κ3) is 7.35. The van der Waals surface area contributed by atoms with Gasteiger partial charge in [-0.05, 0) is 18.4 Å². The summed E-state index contributed by atoms with van der Waals surface area (Å²) in [7, 11) is 0. The van der Waals surface area contributed by atoms with Crippen LogP contribution >= 0.6 is 11.3 Å². The van der Waals surface area contributed by atoms with E-state index in [9.17, 15) is 14.4 Å². The van der Waals surface area contributed by atoms with E-state index >= 15 is 0 Å². The lowest BCUT2D eigenvalue weighted by Gasteiger charge is -2.06. The molecule has 0 aliphatic carbocycles. The maximum absolute atomic E-state index is 11.5. The molecule has 6 heteroatoms. The number of rotatable bonds is 8. The highest BCUT2D eigenvalue weighted by Crippen LogP contribution is 2.08. The van der Waals surface area contributed by atoms with E-state index in [4.69, 9.17) is 0 Å². The molecule has 0 atom stereocenters. The van der Waals surface area contributed by atoms with Crippen LogP contribution in [0.5, 0.6) is 0 Å². The first-order chi connectivity index (χ1) is 9.08. The highest BCUT2D eigenvalue weighted by Gasteiger charge is 2.05. The molecular formula is C13H18N2O3S. The molecule has 1 rings (SSSR count). The molecule has 0 saturated heterocycles. The number of nitrogens with one attached hydrogen (secondary N) is 2. The zero-order valence-electron chi connectivity index (χ0n) is 10.9. The molecule has 1 aromatic heterocycles. The zero-order valence-corrected chi connectivity index (χ0v) is 11.7. The minimum absolute atomic E-state index is 0.000555. The lowest BCUT2D eigenvalue weighted by molar-refractivity contribution is -0.124. The average molecular weight is 282 g/mol. The predicted octanol–water partition coefficient (Wildman–Crippen LogP) is 0.892. The van der Waals surface area contributed by atoms with Gasteiger partial charge in [-0.25, -0.2) is 0 Å². The van der Waals surface area contributed by atoms with Crippen molar-refractivity contribution in [1.82, 2.24) is 10.6 Å². The Morgan fingerprint density at radius 3 is 2.37 bits per heavy atom. The van der Waals surface area contributed by atoms with Crippen molar-refractivity contribution in [1.29, 1.82) is 0 Å². The molecule has 0 aliphatic rings. The number of hydrogen-bond donors (Lipinski definition) is 2. The van der Waals surface area contributed by atoms with Crippen molar-refractivity contribution in [3.63, 3.8) is 0 Å². The Bertz CT molecular complexity index is 429. The van der Waals surface area contributed by atoms with Crippen LogP contribution in [0.3, 0.4) is 0 Å². The summed E-state index contributed by atoms with van der Waals surface area (Å²) in [6.07, 6.45) is 0.838. The minimum Gasteiger partial charge on any atom is -0.354 e. The third-order valence-corrected chi connectivity index (χ3v) is 3.26. The summed E-state index contributed by atoms with van der Waals surface area (Å²) in [5.74, 6) is -0.220. The summed E-state index contributed by atoms with van der Waals surface area (Å²) in [6, 6.07) is 3.82. The van der Waals surface area contributed by atoms with Crippen molar-refractivity contribution in [2.45, 2.75) is 26.2 Å². The van der Waals surface area contributed by atoms with Crippen molar-refractivity contribution in [2.75, 3.05) is 13.1 Å². The third-order valence-electron chi connectivity index (χ3n) is 2.39. The molecule has 2 N–H and O–H groups in total. The van der Waals surface area contributed by atoms with Gasteiger partial charge in [0.2, 0.25) is 11.8 Å². The standard InChI is InChI=1S/C13H18N2O3S/c1-10(16)4-5-12(17)14-6-7-15-13(18)9-11-3-2-8-19-11/h2-3,8H,4-7,9H2,1H3,(H,14,17)(H,15,18). The molecule has 5 nitrogen and oxygen atoms in total. The van der Waals surface area contributed by atoms with E-state index in [-0.39, 0.29) is 30.4 Å². The number of thiophene rings is 1. The van der Waals surface area contributed by atoms with Gasteiger partial charge in [0.05, 0.1) is 6.42 Å². The maximum Gasteiger partial charge on any atom is 0.225 e. The molecular weight excluding hydrogens is 264 g/mol. The molecule has 0 unspecified atom stereocenters. The van der Waals surface area contributed by atoms with Crippen LogP contribution in [0.1, 0.15) is 24.6 Å². The van der Waals surface area contributed by atoms with Crippen molar-refractivity contribution in [3.05, 3.63) is 22.4 Å². The summed E-state index contributed by atoms with van der Waals surface area (Å²) in [4.78, 5) is 34.5. The first-order valence-corrected chi connectivity index (χ1v) is 7.01. The lowest BCUT2D eigenvalue weighted by atomic mass is 10.2. The molecule has 0 fully saturated rings. The molecule has 1 aromatic rings. The molecule has 19 heavy (non-hydrogen) atoms. The summed E-state index contributed by atoms with van der Waals surface area (Å²) in [5, 5.41) is 7.30. The number of carbonyl (C=O) groups excluding carboxylic acids is 3. The molecule has 0 spiro atoms. The van der Waals surface area contributed by atoms with Gasteiger partial charge in [0.15, 0.2) is 0 Å². The maximum atomic E-state index is 11.5. The molecule has 0 radical (unpaired) electrons. The molecule has 1 heterocycles. The van der Waals surface area contributed by atoms with E-state index in [1.807, 2.05) is 17.5 Å². The summed E-state index contributed by atoms with van der Waals surface area (Å²) in [6.45, 7) is 2.24. The van der Waals surface area contributed by atoms with E-state index in [2.05, 4.69) is 10.6 Å². The molecule has 104 valence electrons. The van der Waals surface area contributed by atoms with E-state index < -0.39 is 0 Å². The Hall–Kier alpha value is -1.69. The van der Waals surface area contributed by atoms with Crippen LogP contribution in [0.2, 0.25) is 0 Å². The smallest absolute Gasteiger partial charge is 0.225 e. The van der Waals surface area contributed by atoms with E-state index in [0.29, 0.717) is 19.5 Å². The Morgan fingerprint density at radius 2 is 1.79 bits per heavy atom. The monoisotopic (exact) mass is 282 g/mol. The Balaban J connectivity index is 2.05. The van der Waals surface area contributed by atoms with Crippen molar-refractivity contribution >= 4 is 28.9 Å². The molecule has 0 saturated carbocycles. The van der Waals surface area contributed by atoms with Crippen molar-refractivity contribution in [3.8, 4) is 0 Å². The highest BCUT2D eigenvalue weighted by atomic mass is 32.1. The number of amides is 2. The second-order valence-corrected chi connectivity index (χ2v) is 5.19. The zero-order chi connectivity index (χ0) is 14.1. The summed E-state index contributed by atoms with van der Waals surface area (Å²) in [5.41, 5.74) is 0. The van der Waals surface area contributed by atoms with Crippen LogP contribution in [-0.4, -0.2) is 30.7 Å². The topological polar surface area (TPSA) is 75.3 Å². The first kappa shape index (κ1) is 15.4. The van der Waals surface area contributed by atoms with Gasteiger partial charge in [-0.3, -0.25) is 9.59 Å². The van der Waals surface area contributed by atoms with Crippen LogP contribution in [-0.2, 0) is 20.8 Å². The molecule has 0 bridgehead atoms. The van der Waals surface area contributed by atoms with Gasteiger partial charge in [-0.1, -0.05) is 6.07 Å². The van der Waals surface area contributed by atoms with Gasteiger partial charge in [-0.15, -0.1) is 11.3 Å². The molecule has 2 amide bonds. The quantitative estimate of drug-likeness (QED) is 0.695. The van der Waals surface area contributed by atoms with E-state index in [1.54, 1.807) is 11.3 Å². The van der Waals surface area contributed by atoms with Crippen molar-refractivity contribution < 1.29 is 14.4 Å². The minimum atomic E-state index is -0.164. The van der Waals surface area contributed by atoms with Gasteiger partial charge in [0.1, 0.15) is 5.78 Å². The second-order valence-electron chi connectivity index (χ2n) is 4.16. The van der Waals surface area contributed by atoms with Gasteiger partial charge in [0.25, 0.3) is 0 Å². The van der Waals surface area contributed by atoms with Crippen LogP contribution in [0.4, 0.5) is 0 Å². The Labute approximate surface area is 116 Å². The number of hydrogen-bond acceptors (Lipinski definition) is 4. The normalized spacial score (nSPS) is 9.95.